The van der Waals surface area contributed by atoms with Crippen molar-refractivity contribution >= 4 is 0 Å². The zero-order valence-electron chi connectivity index (χ0n) is 19.3. The van der Waals surface area contributed by atoms with Gasteiger partial charge in [0.05, 0.1) is 0 Å². The molecular weight excluding hydrogens is 416 g/mol. The Morgan fingerprint density at radius 2 is 1.44 bits per heavy atom. The second-order valence-corrected chi connectivity index (χ2v) is 9.86. The standard InChI is InChI=1S/C27H38F4O/c1-2-3-4-5-6-19-9-13-22(14-10-19)23-15-11-20(12-16-23)7-8-21-17-24(28)26(25(29)18-21)32-27(30)31/h4-5,17-20,22-23,27H,2-3,6-16H2,1H3/b5-4+. The van der Waals surface area contributed by atoms with Crippen LogP contribution in [0, 0.1) is 35.3 Å². The molecule has 3 rings (SSSR count). The molecule has 0 aliphatic heterocycles. The Hall–Kier alpha value is -1.52. The zero-order chi connectivity index (χ0) is 22.9. The number of aryl methyl sites for hydroxylation is 1. The Kier molecular flexibility index (Phi) is 9.92. The van der Waals surface area contributed by atoms with Gasteiger partial charge in [-0.3, -0.25) is 0 Å². The van der Waals surface area contributed by atoms with Crippen molar-refractivity contribution in [1.29, 1.82) is 0 Å². The van der Waals surface area contributed by atoms with Crippen molar-refractivity contribution in [2.45, 2.75) is 97.0 Å². The van der Waals surface area contributed by atoms with Crippen molar-refractivity contribution in [1.82, 2.24) is 0 Å². The molecule has 0 N–H and O–H groups in total. The molecule has 0 heterocycles. The Balaban J connectivity index is 1.38. The Morgan fingerprint density at radius 3 is 1.97 bits per heavy atom. The molecule has 0 radical (unpaired) electrons. The van der Waals surface area contributed by atoms with Crippen molar-refractivity contribution in [2.24, 2.45) is 23.7 Å². The van der Waals surface area contributed by atoms with Crippen LogP contribution >= 0.6 is 0 Å². The number of ether oxygens (including phenoxy) is 1. The van der Waals surface area contributed by atoms with Gasteiger partial charge in [-0.25, -0.2) is 8.78 Å². The number of hydrogen-bond acceptors (Lipinski definition) is 1. The highest BCUT2D eigenvalue weighted by atomic mass is 19.3. The molecule has 0 aromatic heterocycles. The van der Waals surface area contributed by atoms with E-state index in [1.807, 2.05) is 0 Å². The fourth-order valence-corrected chi connectivity index (χ4v) is 5.75. The average Bonchev–Trinajstić information content (AvgIpc) is 2.78. The summed E-state index contributed by atoms with van der Waals surface area (Å²) in [4.78, 5) is 0. The van der Waals surface area contributed by atoms with Crippen molar-refractivity contribution in [2.75, 3.05) is 0 Å². The van der Waals surface area contributed by atoms with Crippen LogP contribution in [-0.4, -0.2) is 6.61 Å². The molecule has 0 spiro atoms. The zero-order valence-corrected chi connectivity index (χ0v) is 19.3. The lowest BCUT2D eigenvalue weighted by Crippen LogP contribution is -2.26. The van der Waals surface area contributed by atoms with Crippen LogP contribution in [0.3, 0.4) is 0 Å². The molecule has 1 aromatic carbocycles. The van der Waals surface area contributed by atoms with Crippen LogP contribution in [0.1, 0.15) is 89.5 Å². The van der Waals surface area contributed by atoms with E-state index < -0.39 is 24.0 Å². The van der Waals surface area contributed by atoms with Crippen LogP contribution in [0.25, 0.3) is 0 Å². The van der Waals surface area contributed by atoms with Gasteiger partial charge in [-0.2, -0.15) is 8.78 Å². The summed E-state index contributed by atoms with van der Waals surface area (Å²) in [5.74, 6) is 0.0566. The number of alkyl halides is 2. The minimum Gasteiger partial charge on any atom is -0.429 e. The molecule has 2 aliphatic rings. The van der Waals surface area contributed by atoms with Crippen LogP contribution in [0.2, 0.25) is 0 Å². The third kappa shape index (κ3) is 7.52. The summed E-state index contributed by atoms with van der Waals surface area (Å²) in [7, 11) is 0. The molecule has 0 saturated heterocycles. The normalized spacial score (nSPS) is 26.7. The summed E-state index contributed by atoms with van der Waals surface area (Å²) in [5, 5.41) is 0. The Labute approximate surface area is 190 Å². The van der Waals surface area contributed by atoms with Gasteiger partial charge in [-0.1, -0.05) is 38.3 Å². The van der Waals surface area contributed by atoms with Crippen LogP contribution in [0.4, 0.5) is 17.6 Å². The highest BCUT2D eigenvalue weighted by Gasteiger charge is 2.30. The summed E-state index contributed by atoms with van der Waals surface area (Å²) in [6.45, 7) is -1.02. The first-order chi connectivity index (χ1) is 15.5. The first-order valence-electron chi connectivity index (χ1n) is 12.5. The maximum Gasteiger partial charge on any atom is 0.387 e. The van der Waals surface area contributed by atoms with Gasteiger partial charge < -0.3 is 4.74 Å². The van der Waals surface area contributed by atoms with Gasteiger partial charge >= 0.3 is 6.61 Å². The summed E-state index contributed by atoms with van der Waals surface area (Å²) in [6, 6.07) is 2.25. The van der Waals surface area contributed by atoms with E-state index in [4.69, 9.17) is 0 Å². The first kappa shape index (κ1) is 25.1. The third-order valence-corrected chi connectivity index (χ3v) is 7.65. The van der Waals surface area contributed by atoms with E-state index in [9.17, 15) is 17.6 Å². The van der Waals surface area contributed by atoms with Gasteiger partial charge in [0, 0.05) is 0 Å². The van der Waals surface area contributed by atoms with E-state index in [0.717, 1.165) is 36.3 Å². The molecule has 32 heavy (non-hydrogen) atoms. The van der Waals surface area contributed by atoms with Crippen LogP contribution in [0.5, 0.6) is 5.75 Å². The molecule has 1 nitrogen and oxygen atoms in total. The molecule has 0 unspecified atom stereocenters. The maximum absolute atomic E-state index is 13.9. The minimum absolute atomic E-state index is 0.509. The minimum atomic E-state index is -3.24. The van der Waals surface area contributed by atoms with Gasteiger partial charge in [-0.05, 0) is 106 Å². The predicted molar refractivity (Wildman–Crippen MR) is 121 cm³/mol. The number of hydrogen-bond donors (Lipinski definition) is 0. The van der Waals surface area contributed by atoms with E-state index in [0.29, 0.717) is 17.9 Å². The molecule has 180 valence electrons. The molecule has 0 bridgehead atoms. The highest BCUT2D eigenvalue weighted by Crippen LogP contribution is 2.43. The quantitative estimate of drug-likeness (QED) is 0.253. The Morgan fingerprint density at radius 1 is 0.875 bits per heavy atom. The van der Waals surface area contributed by atoms with Crippen LogP contribution in [0.15, 0.2) is 24.3 Å². The van der Waals surface area contributed by atoms with Crippen LogP contribution < -0.4 is 4.74 Å². The maximum atomic E-state index is 13.9. The lowest BCUT2D eigenvalue weighted by Gasteiger charge is -2.38. The Bertz CT molecular complexity index is 693. The van der Waals surface area contributed by atoms with Gasteiger partial charge in [0.15, 0.2) is 17.4 Å². The topological polar surface area (TPSA) is 9.23 Å². The van der Waals surface area contributed by atoms with Gasteiger partial charge in [0.25, 0.3) is 0 Å². The molecule has 1 aromatic rings. The lowest BCUT2D eigenvalue weighted by atomic mass is 9.68. The summed E-state index contributed by atoms with van der Waals surface area (Å²) in [6.07, 6.45) is 20.2. The van der Waals surface area contributed by atoms with Gasteiger partial charge in [-0.15, -0.1) is 0 Å². The lowest BCUT2D eigenvalue weighted by molar-refractivity contribution is -0.0546. The smallest absolute Gasteiger partial charge is 0.387 e. The molecule has 5 heteroatoms. The van der Waals surface area contributed by atoms with E-state index in [2.05, 4.69) is 23.8 Å². The van der Waals surface area contributed by atoms with Crippen molar-refractivity contribution in [3.8, 4) is 5.75 Å². The number of benzene rings is 1. The van der Waals surface area contributed by atoms with E-state index in [1.54, 1.807) is 0 Å². The summed E-state index contributed by atoms with van der Waals surface area (Å²) >= 11 is 0. The number of allylic oxidation sites excluding steroid dienone is 2. The molecule has 2 aliphatic carbocycles. The second-order valence-electron chi connectivity index (χ2n) is 9.86. The average molecular weight is 455 g/mol. The largest absolute Gasteiger partial charge is 0.429 e. The first-order valence-corrected chi connectivity index (χ1v) is 12.5. The fraction of sp³-hybridized carbons (Fsp3) is 0.704. The van der Waals surface area contributed by atoms with Crippen LogP contribution in [-0.2, 0) is 6.42 Å². The third-order valence-electron chi connectivity index (χ3n) is 7.65. The second kappa shape index (κ2) is 12.6. The van der Waals surface area contributed by atoms with Gasteiger partial charge in [0.1, 0.15) is 0 Å². The van der Waals surface area contributed by atoms with Crippen molar-refractivity contribution in [3.63, 3.8) is 0 Å². The summed E-state index contributed by atoms with van der Waals surface area (Å²) in [5.41, 5.74) is 0.509. The summed E-state index contributed by atoms with van der Waals surface area (Å²) < 4.78 is 56.3. The van der Waals surface area contributed by atoms with Gasteiger partial charge in [0.2, 0.25) is 0 Å². The molecule has 2 fully saturated rings. The molecule has 2 saturated carbocycles. The van der Waals surface area contributed by atoms with E-state index in [-0.39, 0.29) is 0 Å². The molecule has 0 amide bonds. The SMILES string of the molecule is CCC/C=C/CC1CCC(C2CCC(CCc3cc(F)c(OC(F)F)c(F)c3)CC2)CC1. The van der Waals surface area contributed by atoms with Crippen molar-refractivity contribution < 1.29 is 22.3 Å². The molecule has 0 atom stereocenters. The number of halogens is 4. The van der Waals surface area contributed by atoms with Crippen molar-refractivity contribution in [3.05, 3.63) is 41.5 Å². The number of unbranched alkanes of at least 4 members (excludes halogenated alkanes) is 1. The highest BCUT2D eigenvalue weighted by molar-refractivity contribution is 5.31. The molecular formula is C27H38F4O. The predicted octanol–water partition coefficient (Wildman–Crippen LogP) is 8.86. The van der Waals surface area contributed by atoms with E-state index in [1.165, 1.54) is 70.6 Å². The monoisotopic (exact) mass is 454 g/mol. The van der Waals surface area contributed by atoms with E-state index >= 15 is 0 Å². The number of rotatable bonds is 10. The fourth-order valence-electron chi connectivity index (χ4n) is 5.75.